The highest BCUT2D eigenvalue weighted by molar-refractivity contribution is 7.98. The van der Waals surface area contributed by atoms with E-state index in [0.717, 1.165) is 28.5 Å². The zero-order valence-corrected chi connectivity index (χ0v) is 16.0. The molecule has 0 atom stereocenters. The molecule has 0 fully saturated rings. The van der Waals surface area contributed by atoms with E-state index in [1.807, 2.05) is 12.1 Å². The summed E-state index contributed by atoms with van der Waals surface area (Å²) in [6.07, 6.45) is 2.82. The zero-order valence-electron chi connectivity index (χ0n) is 14.3. The van der Waals surface area contributed by atoms with Crippen molar-refractivity contribution >= 4 is 23.1 Å². The Kier molecular flexibility index (Phi) is 5.71. The van der Waals surface area contributed by atoms with E-state index >= 15 is 0 Å². The second kappa shape index (κ2) is 7.97. The molecule has 0 spiro atoms. The summed E-state index contributed by atoms with van der Waals surface area (Å²) in [6, 6.07) is 6.66. The van der Waals surface area contributed by atoms with Crippen molar-refractivity contribution in [3.63, 3.8) is 0 Å². The lowest BCUT2D eigenvalue weighted by atomic mass is 10.1. The molecule has 1 aromatic carbocycles. The van der Waals surface area contributed by atoms with Gasteiger partial charge in [-0.05, 0) is 36.6 Å². The van der Waals surface area contributed by atoms with Crippen LogP contribution in [0.5, 0.6) is 0 Å². The molecule has 0 saturated carbocycles. The van der Waals surface area contributed by atoms with Crippen LogP contribution in [0.15, 0.2) is 47.5 Å². The van der Waals surface area contributed by atoms with Crippen molar-refractivity contribution in [1.82, 2.24) is 14.8 Å². The summed E-state index contributed by atoms with van der Waals surface area (Å²) in [5, 5.41) is 11.8. The molecular formula is C19H20FN3S2. The first-order valence-electron chi connectivity index (χ1n) is 8.12. The molecule has 0 unspecified atom stereocenters. The van der Waals surface area contributed by atoms with E-state index in [1.54, 1.807) is 35.2 Å². The summed E-state index contributed by atoms with van der Waals surface area (Å²) in [5.41, 5.74) is 3.40. The van der Waals surface area contributed by atoms with E-state index < -0.39 is 0 Å². The second-order valence-electron chi connectivity index (χ2n) is 5.66. The summed E-state index contributed by atoms with van der Waals surface area (Å²) < 4.78 is 15.4. The number of nitrogens with zero attached hydrogens (tertiary/aromatic N) is 3. The molecular weight excluding hydrogens is 353 g/mol. The topological polar surface area (TPSA) is 30.7 Å². The molecule has 25 heavy (non-hydrogen) atoms. The van der Waals surface area contributed by atoms with Gasteiger partial charge in [0, 0.05) is 28.1 Å². The van der Waals surface area contributed by atoms with Crippen molar-refractivity contribution in [2.45, 2.75) is 37.7 Å². The number of hydrogen-bond donors (Lipinski definition) is 0. The van der Waals surface area contributed by atoms with Crippen molar-refractivity contribution < 1.29 is 4.39 Å². The molecule has 0 aliphatic carbocycles. The average molecular weight is 374 g/mol. The molecule has 3 nitrogen and oxygen atoms in total. The lowest BCUT2D eigenvalue weighted by molar-refractivity contribution is 0.626. The van der Waals surface area contributed by atoms with Crippen LogP contribution >= 0.6 is 23.1 Å². The predicted molar refractivity (Wildman–Crippen MR) is 104 cm³/mol. The Balaban J connectivity index is 1.90. The van der Waals surface area contributed by atoms with Gasteiger partial charge in [-0.1, -0.05) is 36.9 Å². The Morgan fingerprint density at radius 3 is 2.92 bits per heavy atom. The van der Waals surface area contributed by atoms with Crippen LogP contribution < -0.4 is 0 Å². The van der Waals surface area contributed by atoms with E-state index in [9.17, 15) is 4.39 Å². The van der Waals surface area contributed by atoms with Crippen LogP contribution in [0.2, 0.25) is 0 Å². The number of aryl methyl sites for hydroxylation is 1. The van der Waals surface area contributed by atoms with Crippen LogP contribution in [0.1, 0.15) is 22.9 Å². The molecule has 0 N–H and O–H groups in total. The number of allylic oxidation sites excluding steroid dienone is 1. The molecule has 0 bridgehead atoms. The lowest BCUT2D eigenvalue weighted by Crippen LogP contribution is -2.01. The van der Waals surface area contributed by atoms with Gasteiger partial charge in [0.1, 0.15) is 5.82 Å². The van der Waals surface area contributed by atoms with Gasteiger partial charge in [0.2, 0.25) is 0 Å². The molecule has 0 aliphatic rings. The minimum absolute atomic E-state index is 0.215. The van der Waals surface area contributed by atoms with E-state index in [-0.39, 0.29) is 5.82 Å². The predicted octanol–water partition coefficient (Wildman–Crippen LogP) is 5.49. The molecule has 0 saturated heterocycles. The quantitative estimate of drug-likeness (QED) is 0.405. The molecule has 2 heterocycles. The van der Waals surface area contributed by atoms with E-state index in [2.05, 4.69) is 40.6 Å². The SMILES string of the molecule is C=CCn1c(SCc2cccc(F)c2)nnc1-c1csc(C)c1CC. The summed E-state index contributed by atoms with van der Waals surface area (Å²) in [6.45, 7) is 8.80. The Labute approximate surface area is 155 Å². The van der Waals surface area contributed by atoms with Crippen LogP contribution in [0.25, 0.3) is 11.4 Å². The fourth-order valence-electron chi connectivity index (χ4n) is 2.77. The van der Waals surface area contributed by atoms with Crippen molar-refractivity contribution in [2.24, 2.45) is 0 Å². The Morgan fingerprint density at radius 1 is 1.36 bits per heavy atom. The van der Waals surface area contributed by atoms with Gasteiger partial charge in [-0.25, -0.2) is 4.39 Å². The van der Waals surface area contributed by atoms with Gasteiger partial charge < -0.3 is 0 Å². The highest BCUT2D eigenvalue weighted by Crippen LogP contribution is 2.33. The summed E-state index contributed by atoms with van der Waals surface area (Å²) >= 11 is 3.31. The zero-order chi connectivity index (χ0) is 17.8. The van der Waals surface area contributed by atoms with Crippen molar-refractivity contribution in [2.75, 3.05) is 0 Å². The molecule has 3 aromatic rings. The van der Waals surface area contributed by atoms with Gasteiger partial charge in [-0.15, -0.1) is 28.1 Å². The summed E-state index contributed by atoms with van der Waals surface area (Å²) in [4.78, 5) is 1.32. The average Bonchev–Trinajstić information content (AvgIpc) is 3.16. The first kappa shape index (κ1) is 17.9. The fraction of sp³-hybridized carbons (Fsp3) is 0.263. The third-order valence-electron chi connectivity index (χ3n) is 3.98. The third kappa shape index (κ3) is 3.85. The third-order valence-corrected chi connectivity index (χ3v) is 5.97. The molecule has 0 amide bonds. The van der Waals surface area contributed by atoms with E-state index in [4.69, 9.17) is 0 Å². The normalized spacial score (nSPS) is 11.0. The van der Waals surface area contributed by atoms with Gasteiger partial charge >= 0.3 is 0 Å². The summed E-state index contributed by atoms with van der Waals surface area (Å²) in [5.74, 6) is 1.31. The van der Waals surface area contributed by atoms with Gasteiger partial charge in [0.25, 0.3) is 0 Å². The van der Waals surface area contributed by atoms with Crippen LogP contribution in [0.3, 0.4) is 0 Å². The van der Waals surface area contributed by atoms with Crippen LogP contribution in [0.4, 0.5) is 4.39 Å². The maximum absolute atomic E-state index is 13.3. The lowest BCUT2D eigenvalue weighted by Gasteiger charge is -2.08. The first-order valence-corrected chi connectivity index (χ1v) is 9.99. The maximum Gasteiger partial charge on any atom is 0.192 e. The molecule has 0 radical (unpaired) electrons. The van der Waals surface area contributed by atoms with Gasteiger partial charge in [-0.2, -0.15) is 0 Å². The minimum atomic E-state index is -0.215. The largest absolute Gasteiger partial charge is 0.298 e. The smallest absolute Gasteiger partial charge is 0.192 e. The standard InChI is InChI=1S/C19H20FN3S2/c1-4-9-23-18(17-12-24-13(3)16(17)5-2)21-22-19(23)25-11-14-7-6-8-15(20)10-14/h4,6-8,10,12H,1,5,9,11H2,2-3H3. The number of rotatable bonds is 7. The maximum atomic E-state index is 13.3. The van der Waals surface area contributed by atoms with Crippen LogP contribution in [-0.2, 0) is 18.7 Å². The second-order valence-corrected chi connectivity index (χ2v) is 7.69. The highest BCUT2D eigenvalue weighted by Gasteiger charge is 2.18. The van der Waals surface area contributed by atoms with Crippen molar-refractivity contribution in [3.8, 4) is 11.4 Å². The Hall–Kier alpha value is -1.92. The number of thiophene rings is 1. The van der Waals surface area contributed by atoms with Crippen molar-refractivity contribution in [3.05, 3.63) is 64.1 Å². The van der Waals surface area contributed by atoms with E-state index in [1.165, 1.54) is 16.5 Å². The summed E-state index contributed by atoms with van der Waals surface area (Å²) in [7, 11) is 0. The van der Waals surface area contributed by atoms with Crippen LogP contribution in [0, 0.1) is 12.7 Å². The number of benzene rings is 1. The number of aromatic nitrogens is 3. The molecule has 130 valence electrons. The number of halogens is 1. The van der Waals surface area contributed by atoms with Crippen LogP contribution in [-0.4, -0.2) is 14.8 Å². The minimum Gasteiger partial charge on any atom is -0.298 e. The van der Waals surface area contributed by atoms with Gasteiger partial charge in [-0.3, -0.25) is 4.57 Å². The van der Waals surface area contributed by atoms with Gasteiger partial charge in [0.15, 0.2) is 11.0 Å². The van der Waals surface area contributed by atoms with Crippen molar-refractivity contribution in [1.29, 1.82) is 0 Å². The molecule has 3 rings (SSSR count). The molecule has 6 heteroatoms. The fourth-order valence-corrected chi connectivity index (χ4v) is 4.60. The molecule has 2 aromatic heterocycles. The number of thioether (sulfide) groups is 1. The van der Waals surface area contributed by atoms with Gasteiger partial charge in [0.05, 0.1) is 0 Å². The Morgan fingerprint density at radius 2 is 2.20 bits per heavy atom. The number of hydrogen-bond acceptors (Lipinski definition) is 4. The first-order chi connectivity index (χ1) is 12.1. The highest BCUT2D eigenvalue weighted by atomic mass is 32.2. The molecule has 0 aliphatic heterocycles. The van der Waals surface area contributed by atoms with E-state index in [0.29, 0.717) is 12.3 Å². The Bertz CT molecular complexity index is 883. The monoisotopic (exact) mass is 373 g/mol.